The van der Waals surface area contributed by atoms with Crippen LogP contribution in [-0.2, 0) is 21.2 Å². The van der Waals surface area contributed by atoms with Crippen molar-refractivity contribution in [2.75, 3.05) is 5.75 Å². The number of carboxylic acid groups (broad SMARTS) is 1. The van der Waals surface area contributed by atoms with Gasteiger partial charge in [-0.1, -0.05) is 0 Å². The molecule has 6 nitrogen and oxygen atoms in total. The highest BCUT2D eigenvalue weighted by molar-refractivity contribution is 7.89. The van der Waals surface area contributed by atoms with Crippen molar-refractivity contribution in [2.45, 2.75) is 31.7 Å². The Balaban J connectivity index is 1.84. The quantitative estimate of drug-likeness (QED) is 0.809. The highest BCUT2D eigenvalue weighted by atomic mass is 32.2. The molecule has 0 radical (unpaired) electrons. The molecule has 0 aliphatic heterocycles. The minimum absolute atomic E-state index is 0.00521. The molecule has 1 fully saturated rings. The summed E-state index contributed by atoms with van der Waals surface area (Å²) in [5, 5.41) is 8.90. The number of aryl methyl sites for hydroxylation is 1. The Labute approximate surface area is 118 Å². The smallest absolute Gasteiger partial charge is 0.306 e. The van der Waals surface area contributed by atoms with Crippen LogP contribution in [-0.4, -0.2) is 36.3 Å². The second kappa shape index (κ2) is 6.32. The molecule has 0 spiro atoms. The zero-order chi connectivity index (χ0) is 14.6. The standard InChI is InChI=1S/C13H18N2O4S/c16-13(17)11-1-2-12(9-11)15-20(18,19)8-5-10-3-6-14-7-4-10/h3-4,6-7,11-12,15H,1-2,5,8-9H2,(H,16,17). The summed E-state index contributed by atoms with van der Waals surface area (Å²) in [7, 11) is -3.38. The monoisotopic (exact) mass is 298 g/mol. The summed E-state index contributed by atoms with van der Waals surface area (Å²) in [6, 6.07) is 3.32. The third-order valence-corrected chi connectivity index (χ3v) is 4.97. The second-order valence-corrected chi connectivity index (χ2v) is 6.96. The van der Waals surface area contributed by atoms with Gasteiger partial charge in [0, 0.05) is 18.4 Å². The third kappa shape index (κ3) is 4.28. The first-order valence-corrected chi connectivity index (χ1v) is 8.23. The molecule has 1 aromatic heterocycles. The average Bonchev–Trinajstić information content (AvgIpc) is 2.86. The summed E-state index contributed by atoms with van der Waals surface area (Å²) >= 11 is 0. The van der Waals surface area contributed by atoms with Crippen molar-refractivity contribution in [3.05, 3.63) is 30.1 Å². The number of hydrogen-bond acceptors (Lipinski definition) is 4. The molecule has 2 rings (SSSR count). The predicted octanol–water partition coefficient (Wildman–Crippen LogP) is 0.797. The minimum atomic E-state index is -3.38. The molecule has 20 heavy (non-hydrogen) atoms. The first-order valence-electron chi connectivity index (χ1n) is 6.58. The molecule has 2 unspecified atom stereocenters. The van der Waals surface area contributed by atoms with Gasteiger partial charge in [0.05, 0.1) is 11.7 Å². The maximum Gasteiger partial charge on any atom is 0.306 e. The van der Waals surface area contributed by atoms with Gasteiger partial charge in [-0.25, -0.2) is 13.1 Å². The van der Waals surface area contributed by atoms with Crippen molar-refractivity contribution in [1.29, 1.82) is 0 Å². The molecule has 1 saturated carbocycles. The Morgan fingerprint density at radius 2 is 2.05 bits per heavy atom. The van der Waals surface area contributed by atoms with Gasteiger partial charge in [0.1, 0.15) is 0 Å². The van der Waals surface area contributed by atoms with Crippen LogP contribution in [0.2, 0.25) is 0 Å². The number of pyridine rings is 1. The lowest BCUT2D eigenvalue weighted by Crippen LogP contribution is -2.35. The van der Waals surface area contributed by atoms with Gasteiger partial charge in [-0.15, -0.1) is 0 Å². The van der Waals surface area contributed by atoms with Crippen molar-refractivity contribution >= 4 is 16.0 Å². The van der Waals surface area contributed by atoms with Crippen molar-refractivity contribution < 1.29 is 18.3 Å². The number of hydrogen-bond donors (Lipinski definition) is 2. The highest BCUT2D eigenvalue weighted by Gasteiger charge is 2.31. The first kappa shape index (κ1) is 14.9. The Bertz CT molecular complexity index is 559. The molecule has 2 N–H and O–H groups in total. The molecule has 0 saturated heterocycles. The van der Waals surface area contributed by atoms with E-state index in [1.165, 1.54) is 0 Å². The lowest BCUT2D eigenvalue weighted by Gasteiger charge is -2.12. The van der Waals surface area contributed by atoms with E-state index in [2.05, 4.69) is 9.71 Å². The fourth-order valence-electron chi connectivity index (χ4n) is 2.43. The number of rotatable bonds is 6. The molecule has 1 aliphatic carbocycles. The average molecular weight is 298 g/mol. The Hall–Kier alpha value is -1.47. The van der Waals surface area contributed by atoms with E-state index < -0.39 is 21.9 Å². The van der Waals surface area contributed by atoms with E-state index in [0.717, 1.165) is 5.56 Å². The van der Waals surface area contributed by atoms with Crippen LogP contribution in [0, 0.1) is 5.92 Å². The molecule has 1 heterocycles. The Kier molecular flexibility index (Phi) is 4.72. The number of aliphatic carboxylic acids is 1. The molecule has 0 aromatic carbocycles. The number of carboxylic acids is 1. The van der Waals surface area contributed by atoms with Gasteiger partial charge in [-0.3, -0.25) is 9.78 Å². The van der Waals surface area contributed by atoms with Crippen LogP contribution >= 0.6 is 0 Å². The zero-order valence-electron chi connectivity index (χ0n) is 11.0. The largest absolute Gasteiger partial charge is 0.481 e. The topological polar surface area (TPSA) is 96.4 Å². The highest BCUT2D eigenvalue weighted by Crippen LogP contribution is 2.26. The van der Waals surface area contributed by atoms with Crippen LogP contribution in [0.15, 0.2) is 24.5 Å². The lowest BCUT2D eigenvalue weighted by molar-refractivity contribution is -0.141. The van der Waals surface area contributed by atoms with E-state index >= 15 is 0 Å². The molecular weight excluding hydrogens is 280 g/mol. The van der Waals surface area contributed by atoms with Gasteiger partial charge in [-0.05, 0) is 43.4 Å². The van der Waals surface area contributed by atoms with Crippen molar-refractivity contribution in [1.82, 2.24) is 9.71 Å². The van der Waals surface area contributed by atoms with Crippen molar-refractivity contribution in [3.8, 4) is 0 Å². The summed E-state index contributed by atoms with van der Waals surface area (Å²) in [6.45, 7) is 0. The van der Waals surface area contributed by atoms with E-state index in [0.29, 0.717) is 25.7 Å². The van der Waals surface area contributed by atoms with Gasteiger partial charge < -0.3 is 5.11 Å². The summed E-state index contributed by atoms with van der Waals surface area (Å²) in [6.07, 6.45) is 5.18. The second-order valence-electron chi connectivity index (χ2n) is 5.09. The van der Waals surface area contributed by atoms with E-state index in [4.69, 9.17) is 5.11 Å². The van der Waals surface area contributed by atoms with Crippen molar-refractivity contribution in [3.63, 3.8) is 0 Å². The molecule has 0 bridgehead atoms. The van der Waals surface area contributed by atoms with E-state index in [9.17, 15) is 13.2 Å². The van der Waals surface area contributed by atoms with Crippen LogP contribution in [0.1, 0.15) is 24.8 Å². The number of carbonyl (C=O) groups is 1. The van der Waals surface area contributed by atoms with Crippen LogP contribution in [0.3, 0.4) is 0 Å². The van der Waals surface area contributed by atoms with Crippen LogP contribution in [0.5, 0.6) is 0 Å². The first-order chi connectivity index (χ1) is 9.46. The fraction of sp³-hybridized carbons (Fsp3) is 0.538. The van der Waals surface area contributed by atoms with Gasteiger partial charge in [0.2, 0.25) is 10.0 Å². The predicted molar refractivity (Wildman–Crippen MR) is 73.6 cm³/mol. The number of nitrogens with zero attached hydrogens (tertiary/aromatic N) is 1. The molecule has 0 amide bonds. The number of sulfonamides is 1. The SMILES string of the molecule is O=C(O)C1CCC(NS(=O)(=O)CCc2ccncc2)C1. The number of aromatic nitrogens is 1. The maximum absolute atomic E-state index is 12.0. The number of nitrogens with one attached hydrogen (secondary N) is 1. The molecule has 7 heteroatoms. The molecular formula is C13H18N2O4S. The fourth-order valence-corrected chi connectivity index (χ4v) is 3.77. The van der Waals surface area contributed by atoms with Gasteiger partial charge in [-0.2, -0.15) is 0 Å². The van der Waals surface area contributed by atoms with Crippen LogP contribution in [0.4, 0.5) is 0 Å². The molecule has 2 atom stereocenters. The van der Waals surface area contributed by atoms with Crippen molar-refractivity contribution in [2.24, 2.45) is 5.92 Å². The minimum Gasteiger partial charge on any atom is -0.481 e. The van der Waals surface area contributed by atoms with Gasteiger partial charge in [0.25, 0.3) is 0 Å². The summed E-state index contributed by atoms with van der Waals surface area (Å²) in [5.41, 5.74) is 0.917. The normalized spacial score (nSPS) is 22.8. The summed E-state index contributed by atoms with van der Waals surface area (Å²) in [5.74, 6) is -1.27. The van der Waals surface area contributed by atoms with Gasteiger partial charge >= 0.3 is 5.97 Å². The molecule has 1 aliphatic rings. The van der Waals surface area contributed by atoms with E-state index in [-0.39, 0.29) is 11.8 Å². The zero-order valence-corrected chi connectivity index (χ0v) is 11.8. The van der Waals surface area contributed by atoms with Crippen LogP contribution < -0.4 is 4.72 Å². The Morgan fingerprint density at radius 1 is 1.35 bits per heavy atom. The Morgan fingerprint density at radius 3 is 2.65 bits per heavy atom. The molecule has 110 valence electrons. The summed E-state index contributed by atoms with van der Waals surface area (Å²) in [4.78, 5) is 14.7. The van der Waals surface area contributed by atoms with E-state index in [1.807, 2.05) is 0 Å². The van der Waals surface area contributed by atoms with E-state index in [1.54, 1.807) is 24.5 Å². The molecule has 1 aromatic rings. The third-order valence-electron chi connectivity index (χ3n) is 3.54. The lowest BCUT2D eigenvalue weighted by atomic mass is 10.1. The van der Waals surface area contributed by atoms with Crippen LogP contribution in [0.25, 0.3) is 0 Å². The maximum atomic E-state index is 12.0. The summed E-state index contributed by atoms with van der Waals surface area (Å²) < 4.78 is 26.5. The van der Waals surface area contributed by atoms with Gasteiger partial charge in [0.15, 0.2) is 0 Å².